The molecule has 1 aliphatic heterocycles. The zero-order valence-corrected chi connectivity index (χ0v) is 12.5. The predicted octanol–water partition coefficient (Wildman–Crippen LogP) is 1.33. The minimum absolute atomic E-state index is 0.0629. The van der Waals surface area contributed by atoms with Gasteiger partial charge >= 0.3 is 5.97 Å². The molecule has 1 aromatic carbocycles. The number of carboxylic acid groups (broad SMARTS) is 1. The summed E-state index contributed by atoms with van der Waals surface area (Å²) in [6, 6.07) is 8.02. The molecule has 2 amide bonds. The molecule has 2 N–H and O–H groups in total. The summed E-state index contributed by atoms with van der Waals surface area (Å²) in [5.74, 6) is -1.44. The highest BCUT2D eigenvalue weighted by molar-refractivity contribution is 5.85. The molecule has 0 radical (unpaired) electrons. The first-order valence-electron chi connectivity index (χ1n) is 7.33. The number of nitrogens with one attached hydrogen (secondary N) is 1. The number of carbonyl (C=O) groups is 3. The third-order valence-electron chi connectivity index (χ3n) is 3.82. The molecule has 0 bridgehead atoms. The van der Waals surface area contributed by atoms with E-state index in [0.717, 1.165) is 5.56 Å². The van der Waals surface area contributed by atoms with E-state index in [-0.39, 0.29) is 18.2 Å². The van der Waals surface area contributed by atoms with Crippen LogP contribution in [-0.4, -0.2) is 40.4 Å². The Hall–Kier alpha value is -2.37. The minimum atomic E-state index is -0.971. The maximum atomic E-state index is 12.4. The molecule has 6 heteroatoms. The van der Waals surface area contributed by atoms with Crippen molar-refractivity contribution in [2.45, 2.75) is 38.3 Å². The molecule has 1 saturated heterocycles. The molecule has 22 heavy (non-hydrogen) atoms. The van der Waals surface area contributed by atoms with Crippen LogP contribution in [0.5, 0.6) is 0 Å². The molecular formula is C16H20N2O4. The van der Waals surface area contributed by atoms with Crippen molar-refractivity contribution in [1.82, 2.24) is 10.2 Å². The van der Waals surface area contributed by atoms with E-state index in [4.69, 9.17) is 5.11 Å². The van der Waals surface area contributed by atoms with Crippen LogP contribution in [0.2, 0.25) is 0 Å². The smallest absolute Gasteiger partial charge is 0.326 e. The summed E-state index contributed by atoms with van der Waals surface area (Å²) in [6.45, 7) is 1.85. The molecule has 1 fully saturated rings. The van der Waals surface area contributed by atoms with Gasteiger partial charge in [-0.05, 0) is 18.4 Å². The lowest BCUT2D eigenvalue weighted by atomic mass is 10.0. The second kappa shape index (κ2) is 7.06. The summed E-state index contributed by atoms with van der Waals surface area (Å²) >= 11 is 0. The number of carbonyl (C=O) groups excluding carboxylic acids is 2. The van der Waals surface area contributed by atoms with Crippen LogP contribution in [0, 0.1) is 0 Å². The van der Waals surface area contributed by atoms with Crippen LogP contribution in [0.1, 0.15) is 37.8 Å². The van der Waals surface area contributed by atoms with E-state index in [1.807, 2.05) is 30.3 Å². The fourth-order valence-corrected chi connectivity index (χ4v) is 2.80. The van der Waals surface area contributed by atoms with Crippen LogP contribution in [0.3, 0.4) is 0 Å². The summed E-state index contributed by atoms with van der Waals surface area (Å²) in [5, 5.41) is 11.9. The zero-order valence-electron chi connectivity index (χ0n) is 12.5. The molecular weight excluding hydrogens is 284 g/mol. The monoisotopic (exact) mass is 304 g/mol. The van der Waals surface area contributed by atoms with Gasteiger partial charge in [0.2, 0.25) is 11.8 Å². The first kappa shape index (κ1) is 16.0. The van der Waals surface area contributed by atoms with Gasteiger partial charge in [0, 0.05) is 13.5 Å². The molecule has 6 nitrogen and oxygen atoms in total. The van der Waals surface area contributed by atoms with Crippen molar-refractivity contribution in [3.05, 3.63) is 35.9 Å². The van der Waals surface area contributed by atoms with Crippen molar-refractivity contribution in [3.63, 3.8) is 0 Å². The third-order valence-corrected chi connectivity index (χ3v) is 3.82. The molecule has 118 valence electrons. The molecule has 1 heterocycles. The maximum Gasteiger partial charge on any atom is 0.326 e. The average Bonchev–Trinajstić information content (AvgIpc) is 2.96. The highest BCUT2D eigenvalue weighted by Crippen LogP contribution is 2.23. The van der Waals surface area contributed by atoms with Gasteiger partial charge in [0.1, 0.15) is 6.04 Å². The number of amides is 2. The van der Waals surface area contributed by atoms with Crippen LogP contribution >= 0.6 is 0 Å². The van der Waals surface area contributed by atoms with Gasteiger partial charge in [-0.3, -0.25) is 9.59 Å². The van der Waals surface area contributed by atoms with E-state index in [1.54, 1.807) is 0 Å². The van der Waals surface area contributed by atoms with Crippen molar-refractivity contribution < 1.29 is 19.5 Å². The van der Waals surface area contributed by atoms with Gasteiger partial charge in [0.05, 0.1) is 12.5 Å². The molecule has 1 aliphatic rings. The van der Waals surface area contributed by atoms with E-state index in [9.17, 15) is 14.4 Å². The highest BCUT2D eigenvalue weighted by Gasteiger charge is 2.34. The number of aliphatic carboxylic acids is 1. The van der Waals surface area contributed by atoms with Crippen LogP contribution in [0.25, 0.3) is 0 Å². The van der Waals surface area contributed by atoms with Crippen molar-refractivity contribution >= 4 is 17.8 Å². The molecule has 2 atom stereocenters. The largest absolute Gasteiger partial charge is 0.480 e. The van der Waals surface area contributed by atoms with E-state index in [2.05, 4.69) is 5.32 Å². The van der Waals surface area contributed by atoms with Gasteiger partial charge in [-0.1, -0.05) is 30.3 Å². The number of rotatable bonds is 5. The van der Waals surface area contributed by atoms with E-state index < -0.39 is 18.1 Å². The summed E-state index contributed by atoms with van der Waals surface area (Å²) in [4.78, 5) is 36.4. The average molecular weight is 304 g/mol. The Balaban J connectivity index is 2.11. The van der Waals surface area contributed by atoms with Gasteiger partial charge in [-0.2, -0.15) is 0 Å². The van der Waals surface area contributed by atoms with Crippen LogP contribution < -0.4 is 5.32 Å². The SMILES string of the molecule is CC(=O)N[C@@H](CC(=O)N1CCC[C@H]1C(=O)O)c1ccccc1. The molecule has 0 spiro atoms. The normalized spacial score (nSPS) is 18.8. The van der Waals surface area contributed by atoms with Gasteiger partial charge in [-0.25, -0.2) is 4.79 Å². The number of benzene rings is 1. The Kier molecular flexibility index (Phi) is 5.14. The molecule has 0 aliphatic carbocycles. The summed E-state index contributed by atoms with van der Waals surface area (Å²) in [7, 11) is 0. The fourth-order valence-electron chi connectivity index (χ4n) is 2.80. The Morgan fingerprint density at radius 1 is 1.32 bits per heavy atom. The second-order valence-electron chi connectivity index (χ2n) is 5.45. The number of hydrogen-bond donors (Lipinski definition) is 2. The molecule has 1 aromatic rings. The zero-order chi connectivity index (χ0) is 16.1. The summed E-state index contributed by atoms with van der Waals surface area (Å²) < 4.78 is 0. The molecule has 0 saturated carbocycles. The summed E-state index contributed by atoms with van der Waals surface area (Å²) in [6.07, 6.45) is 1.24. The lowest BCUT2D eigenvalue weighted by Gasteiger charge is -2.25. The van der Waals surface area contributed by atoms with Gasteiger partial charge < -0.3 is 15.3 Å². The number of nitrogens with zero attached hydrogens (tertiary/aromatic N) is 1. The highest BCUT2D eigenvalue weighted by atomic mass is 16.4. The van der Waals surface area contributed by atoms with Crippen molar-refractivity contribution in [2.24, 2.45) is 0 Å². The van der Waals surface area contributed by atoms with Crippen LogP contribution in [0.15, 0.2) is 30.3 Å². The minimum Gasteiger partial charge on any atom is -0.480 e. The van der Waals surface area contributed by atoms with Gasteiger partial charge in [0.15, 0.2) is 0 Å². The number of likely N-dealkylation sites (tertiary alicyclic amines) is 1. The standard InChI is InChI=1S/C16H20N2O4/c1-11(19)17-13(12-6-3-2-4-7-12)10-15(20)18-9-5-8-14(18)16(21)22/h2-4,6-7,13-14H,5,8-10H2,1H3,(H,17,19)(H,21,22)/t13-,14-/m0/s1. The molecule has 0 aromatic heterocycles. The number of hydrogen-bond acceptors (Lipinski definition) is 3. The summed E-state index contributed by atoms with van der Waals surface area (Å²) in [5.41, 5.74) is 0.831. The van der Waals surface area contributed by atoms with Crippen molar-refractivity contribution in [2.75, 3.05) is 6.54 Å². The molecule has 0 unspecified atom stereocenters. The topological polar surface area (TPSA) is 86.7 Å². The first-order valence-corrected chi connectivity index (χ1v) is 7.33. The first-order chi connectivity index (χ1) is 10.5. The van der Waals surface area contributed by atoms with Gasteiger partial charge in [-0.15, -0.1) is 0 Å². The van der Waals surface area contributed by atoms with Crippen molar-refractivity contribution in [3.8, 4) is 0 Å². The number of carboxylic acids is 1. The lowest BCUT2D eigenvalue weighted by Crippen LogP contribution is -2.42. The predicted molar refractivity (Wildman–Crippen MR) is 80.0 cm³/mol. The van der Waals surface area contributed by atoms with Gasteiger partial charge in [0.25, 0.3) is 0 Å². The fraction of sp³-hybridized carbons (Fsp3) is 0.438. The quantitative estimate of drug-likeness (QED) is 0.859. The van der Waals surface area contributed by atoms with E-state index >= 15 is 0 Å². The second-order valence-corrected chi connectivity index (χ2v) is 5.45. The Bertz CT molecular complexity index is 559. The Morgan fingerprint density at radius 2 is 2.00 bits per heavy atom. The third kappa shape index (κ3) is 3.84. The molecule has 2 rings (SSSR count). The van der Waals surface area contributed by atoms with Crippen LogP contribution in [0.4, 0.5) is 0 Å². The van der Waals surface area contributed by atoms with Crippen molar-refractivity contribution in [1.29, 1.82) is 0 Å². The Morgan fingerprint density at radius 3 is 2.59 bits per heavy atom. The van der Waals surface area contributed by atoms with E-state index in [1.165, 1.54) is 11.8 Å². The van der Waals surface area contributed by atoms with Crippen LogP contribution in [-0.2, 0) is 14.4 Å². The Labute approximate surface area is 129 Å². The lowest BCUT2D eigenvalue weighted by molar-refractivity contribution is -0.148. The van der Waals surface area contributed by atoms with E-state index in [0.29, 0.717) is 19.4 Å². The maximum absolute atomic E-state index is 12.4.